The maximum absolute atomic E-state index is 10.0. The van der Waals surface area contributed by atoms with Crippen LogP contribution in [0.25, 0.3) is 0 Å². The van der Waals surface area contributed by atoms with E-state index < -0.39 is 0 Å². The molecule has 0 bridgehead atoms. The molecule has 3 rings (SSSR count). The van der Waals surface area contributed by atoms with E-state index in [1.807, 2.05) is 19.2 Å². The molecule has 0 aromatic heterocycles. The Morgan fingerprint density at radius 2 is 2.10 bits per heavy atom. The molecule has 2 aliphatic carbocycles. The average molecular weight is 275 g/mol. The summed E-state index contributed by atoms with van der Waals surface area (Å²) in [4.78, 5) is 0. The maximum atomic E-state index is 10.0. The summed E-state index contributed by atoms with van der Waals surface area (Å²) in [6.07, 6.45) is 8.53. The highest BCUT2D eigenvalue weighted by Crippen LogP contribution is 2.35. The zero-order valence-corrected chi connectivity index (χ0v) is 12.3. The van der Waals surface area contributed by atoms with Crippen LogP contribution in [0.15, 0.2) is 18.2 Å². The van der Waals surface area contributed by atoms with E-state index in [0.29, 0.717) is 23.9 Å². The van der Waals surface area contributed by atoms with Gasteiger partial charge in [-0.1, -0.05) is 12.1 Å². The number of aromatic hydroxyl groups is 1. The Hall–Kier alpha value is -1.06. The van der Waals surface area contributed by atoms with Gasteiger partial charge in [0.25, 0.3) is 0 Å². The van der Waals surface area contributed by atoms with E-state index in [0.717, 1.165) is 24.8 Å². The van der Waals surface area contributed by atoms with Gasteiger partial charge in [-0.3, -0.25) is 0 Å². The first-order valence-corrected chi connectivity index (χ1v) is 7.87. The monoisotopic (exact) mass is 275 g/mol. The highest BCUT2D eigenvalue weighted by atomic mass is 16.5. The molecule has 3 atom stereocenters. The van der Waals surface area contributed by atoms with Crippen LogP contribution in [-0.4, -0.2) is 24.4 Å². The number of phenolic OH excluding ortho intramolecular Hbond substituents is 1. The molecule has 1 aromatic rings. The van der Waals surface area contributed by atoms with Crippen molar-refractivity contribution in [2.24, 2.45) is 0 Å². The molecule has 3 nitrogen and oxygen atoms in total. The van der Waals surface area contributed by atoms with Gasteiger partial charge >= 0.3 is 0 Å². The van der Waals surface area contributed by atoms with Gasteiger partial charge in [-0.2, -0.15) is 0 Å². The van der Waals surface area contributed by atoms with E-state index in [1.165, 1.54) is 31.2 Å². The predicted octanol–water partition coefficient (Wildman–Crippen LogP) is 3.32. The van der Waals surface area contributed by atoms with Crippen LogP contribution in [0.5, 0.6) is 5.75 Å². The van der Waals surface area contributed by atoms with Crippen molar-refractivity contribution in [3.63, 3.8) is 0 Å². The molecule has 0 unspecified atom stereocenters. The van der Waals surface area contributed by atoms with Crippen molar-refractivity contribution < 1.29 is 9.84 Å². The summed E-state index contributed by atoms with van der Waals surface area (Å²) in [5, 5.41) is 13.8. The highest BCUT2D eigenvalue weighted by Gasteiger charge is 2.27. The summed E-state index contributed by atoms with van der Waals surface area (Å²) >= 11 is 0. The fourth-order valence-corrected chi connectivity index (χ4v) is 3.80. The molecule has 0 aliphatic heterocycles. The first kappa shape index (κ1) is 13.9. The van der Waals surface area contributed by atoms with Gasteiger partial charge in [-0.15, -0.1) is 0 Å². The van der Waals surface area contributed by atoms with Gasteiger partial charge in [-0.05, 0) is 62.1 Å². The molecule has 2 aliphatic rings. The van der Waals surface area contributed by atoms with E-state index in [1.54, 1.807) is 0 Å². The molecule has 1 fully saturated rings. The van der Waals surface area contributed by atoms with Gasteiger partial charge < -0.3 is 15.2 Å². The van der Waals surface area contributed by atoms with Crippen LogP contribution < -0.4 is 5.32 Å². The third kappa shape index (κ3) is 2.84. The number of nitrogens with one attached hydrogen (secondary N) is 1. The number of fused-ring (bicyclic) bond motifs is 1. The Morgan fingerprint density at radius 3 is 2.95 bits per heavy atom. The third-order valence-corrected chi connectivity index (χ3v) is 4.88. The van der Waals surface area contributed by atoms with Gasteiger partial charge in [0.05, 0.1) is 6.10 Å². The second kappa shape index (κ2) is 6.15. The van der Waals surface area contributed by atoms with Crippen molar-refractivity contribution >= 4 is 0 Å². The van der Waals surface area contributed by atoms with Crippen LogP contribution in [0.2, 0.25) is 0 Å². The normalized spacial score (nSPS) is 29.9. The third-order valence-electron chi connectivity index (χ3n) is 4.88. The molecule has 1 saturated carbocycles. The van der Waals surface area contributed by atoms with Crippen LogP contribution in [0.1, 0.15) is 55.7 Å². The van der Waals surface area contributed by atoms with Crippen molar-refractivity contribution in [2.45, 2.75) is 63.1 Å². The van der Waals surface area contributed by atoms with Crippen LogP contribution in [0.4, 0.5) is 0 Å². The summed E-state index contributed by atoms with van der Waals surface area (Å²) in [5.41, 5.74) is 2.45. The number of rotatable bonds is 3. The average Bonchev–Trinajstić information content (AvgIpc) is 2.49. The lowest BCUT2D eigenvalue weighted by Gasteiger charge is -2.34. The fourth-order valence-electron chi connectivity index (χ4n) is 3.80. The molecule has 1 aromatic carbocycles. The second-order valence-electron chi connectivity index (χ2n) is 6.18. The van der Waals surface area contributed by atoms with Crippen molar-refractivity contribution in [1.29, 1.82) is 0 Å². The van der Waals surface area contributed by atoms with E-state index >= 15 is 0 Å². The number of ether oxygens (including phenoxy) is 1. The number of methoxy groups -OCH3 is 1. The molecular formula is C17H25NO2. The van der Waals surface area contributed by atoms with Gasteiger partial charge in [0, 0.05) is 19.2 Å². The second-order valence-corrected chi connectivity index (χ2v) is 6.18. The summed E-state index contributed by atoms with van der Waals surface area (Å²) in [5.74, 6) is 0.465. The molecule has 2 N–H and O–H groups in total. The molecule has 0 radical (unpaired) electrons. The summed E-state index contributed by atoms with van der Waals surface area (Å²) in [6, 6.07) is 6.89. The van der Waals surface area contributed by atoms with Crippen LogP contribution >= 0.6 is 0 Å². The first-order chi connectivity index (χ1) is 9.78. The quantitative estimate of drug-likeness (QED) is 0.889. The van der Waals surface area contributed by atoms with Gasteiger partial charge in [0.1, 0.15) is 5.75 Å². The first-order valence-electron chi connectivity index (χ1n) is 7.87. The number of hydrogen-bond donors (Lipinski definition) is 2. The van der Waals surface area contributed by atoms with E-state index in [2.05, 4.69) is 11.4 Å². The molecular weight excluding hydrogens is 250 g/mol. The number of hydrogen-bond acceptors (Lipinski definition) is 3. The minimum Gasteiger partial charge on any atom is -0.508 e. The molecule has 0 spiro atoms. The fraction of sp³-hybridized carbons (Fsp3) is 0.647. The zero-order valence-electron chi connectivity index (χ0n) is 12.3. The Balaban J connectivity index is 1.71. The van der Waals surface area contributed by atoms with E-state index in [-0.39, 0.29) is 0 Å². The van der Waals surface area contributed by atoms with E-state index in [9.17, 15) is 5.11 Å². The van der Waals surface area contributed by atoms with Crippen molar-refractivity contribution in [3.05, 3.63) is 29.3 Å². The minimum absolute atomic E-state index is 0.395. The molecule has 0 amide bonds. The van der Waals surface area contributed by atoms with Crippen LogP contribution in [0, 0.1) is 0 Å². The highest BCUT2D eigenvalue weighted by molar-refractivity contribution is 5.42. The minimum atomic E-state index is 0.395. The molecule has 110 valence electrons. The van der Waals surface area contributed by atoms with Gasteiger partial charge in [0.15, 0.2) is 0 Å². The Labute approximate surface area is 121 Å². The van der Waals surface area contributed by atoms with Crippen LogP contribution in [0.3, 0.4) is 0 Å². The van der Waals surface area contributed by atoms with Crippen molar-refractivity contribution in [3.8, 4) is 5.75 Å². The Kier molecular flexibility index (Phi) is 4.27. The maximum Gasteiger partial charge on any atom is 0.119 e. The molecule has 0 saturated heterocycles. The molecule has 0 heterocycles. The summed E-state index contributed by atoms with van der Waals surface area (Å²) < 4.78 is 5.52. The summed E-state index contributed by atoms with van der Waals surface area (Å²) in [7, 11) is 1.82. The van der Waals surface area contributed by atoms with Gasteiger partial charge in [0.2, 0.25) is 0 Å². The number of benzene rings is 1. The lowest BCUT2D eigenvalue weighted by atomic mass is 9.85. The van der Waals surface area contributed by atoms with Crippen molar-refractivity contribution in [1.82, 2.24) is 5.32 Å². The standard InChI is InChI=1S/C17H25NO2/c1-20-13-6-2-5-12(11-13)18-16-9-3-8-15-14(16)7-4-10-17(15)19/h4,7,10,12-13,16,18-19H,2-3,5-6,8-9,11H2,1H3/t12-,13+,16+/m0/s1. The Morgan fingerprint density at radius 1 is 1.20 bits per heavy atom. The molecule has 3 heteroatoms. The van der Waals surface area contributed by atoms with Gasteiger partial charge in [-0.25, -0.2) is 0 Å². The zero-order chi connectivity index (χ0) is 13.9. The topological polar surface area (TPSA) is 41.5 Å². The largest absolute Gasteiger partial charge is 0.508 e. The predicted molar refractivity (Wildman–Crippen MR) is 80.0 cm³/mol. The Bertz CT molecular complexity index is 460. The lowest BCUT2D eigenvalue weighted by molar-refractivity contribution is 0.0564. The summed E-state index contributed by atoms with van der Waals surface area (Å²) in [6.45, 7) is 0. The molecule has 20 heavy (non-hydrogen) atoms. The van der Waals surface area contributed by atoms with Crippen LogP contribution in [-0.2, 0) is 11.2 Å². The lowest BCUT2D eigenvalue weighted by Crippen LogP contribution is -2.39. The smallest absolute Gasteiger partial charge is 0.119 e. The van der Waals surface area contributed by atoms with E-state index in [4.69, 9.17) is 4.74 Å². The number of phenols is 1. The SMILES string of the molecule is CO[C@@H]1CCC[C@H](N[C@@H]2CCCc3c(O)cccc32)C1. The van der Waals surface area contributed by atoms with Crippen molar-refractivity contribution in [2.75, 3.05) is 7.11 Å².